The first-order chi connectivity index (χ1) is 9.19. The molecule has 0 aliphatic heterocycles. The predicted octanol–water partition coefficient (Wildman–Crippen LogP) is 2.09. The van der Waals surface area contributed by atoms with Gasteiger partial charge in [-0.2, -0.15) is 9.99 Å². The zero-order valence-electron chi connectivity index (χ0n) is 9.98. The first-order valence-corrected chi connectivity index (χ1v) is 5.60. The fourth-order valence-electron chi connectivity index (χ4n) is 1.51. The second-order valence-electron chi connectivity index (χ2n) is 3.88. The van der Waals surface area contributed by atoms with Gasteiger partial charge in [0.15, 0.2) is 18.2 Å². The van der Waals surface area contributed by atoms with Gasteiger partial charge in [0.1, 0.15) is 0 Å². The fourth-order valence-corrected chi connectivity index (χ4v) is 1.51. The number of carbonyl (C=O) groups excluding carboxylic acids is 1. The number of carbonyl (C=O) groups is 1. The number of ketones is 1. The van der Waals surface area contributed by atoms with Crippen LogP contribution in [0.2, 0.25) is 0 Å². The average molecular weight is 250 g/mol. The van der Waals surface area contributed by atoms with Gasteiger partial charge in [0, 0.05) is 17.7 Å². The Bertz CT molecular complexity index is 650. The standard InChI is InChI=1S/C15H10N2O2/c16-11-13-3-1-12(2-4-13)5-6-15(18)14-7-9-17(19)10-8-14/h1-10H. The highest BCUT2D eigenvalue weighted by molar-refractivity contribution is 6.06. The van der Waals surface area contributed by atoms with E-state index in [0.29, 0.717) is 15.9 Å². The molecule has 0 aliphatic carbocycles. The van der Waals surface area contributed by atoms with E-state index in [1.807, 2.05) is 6.07 Å². The molecular weight excluding hydrogens is 240 g/mol. The molecule has 1 heterocycles. The second-order valence-corrected chi connectivity index (χ2v) is 3.88. The Morgan fingerprint density at radius 1 is 1.16 bits per heavy atom. The lowest BCUT2D eigenvalue weighted by molar-refractivity contribution is -0.605. The van der Waals surface area contributed by atoms with Crippen molar-refractivity contribution < 1.29 is 9.52 Å². The number of allylic oxidation sites excluding steroid dienone is 1. The molecule has 19 heavy (non-hydrogen) atoms. The molecule has 0 atom stereocenters. The normalized spacial score (nSPS) is 10.3. The minimum absolute atomic E-state index is 0.176. The van der Waals surface area contributed by atoms with Crippen molar-refractivity contribution >= 4 is 11.9 Å². The van der Waals surface area contributed by atoms with Gasteiger partial charge in [-0.25, -0.2) is 0 Å². The molecule has 0 unspecified atom stereocenters. The summed E-state index contributed by atoms with van der Waals surface area (Å²) in [4.78, 5) is 11.8. The molecule has 0 saturated carbocycles. The summed E-state index contributed by atoms with van der Waals surface area (Å²) >= 11 is 0. The Morgan fingerprint density at radius 3 is 2.37 bits per heavy atom. The van der Waals surface area contributed by atoms with E-state index in [9.17, 15) is 10.0 Å². The van der Waals surface area contributed by atoms with E-state index in [2.05, 4.69) is 0 Å². The lowest BCUT2D eigenvalue weighted by atomic mass is 10.1. The third kappa shape index (κ3) is 3.27. The van der Waals surface area contributed by atoms with E-state index in [4.69, 9.17) is 5.26 Å². The van der Waals surface area contributed by atoms with Crippen LogP contribution in [0.25, 0.3) is 6.08 Å². The molecule has 0 aliphatic rings. The molecule has 0 fully saturated rings. The van der Waals surface area contributed by atoms with Gasteiger partial charge in [-0.1, -0.05) is 18.2 Å². The number of hydrogen-bond acceptors (Lipinski definition) is 3. The van der Waals surface area contributed by atoms with Crippen molar-refractivity contribution in [3.05, 3.63) is 76.8 Å². The Kier molecular flexibility index (Phi) is 3.70. The van der Waals surface area contributed by atoms with E-state index in [0.717, 1.165) is 5.56 Å². The number of nitriles is 1. The minimum atomic E-state index is -0.176. The molecule has 2 rings (SSSR count). The van der Waals surface area contributed by atoms with Crippen molar-refractivity contribution in [2.45, 2.75) is 0 Å². The zero-order valence-corrected chi connectivity index (χ0v) is 9.98. The molecule has 2 aromatic rings. The molecule has 0 radical (unpaired) electrons. The highest BCUT2D eigenvalue weighted by Crippen LogP contribution is 2.07. The fraction of sp³-hybridized carbons (Fsp3) is 0. The van der Waals surface area contributed by atoms with Crippen LogP contribution in [-0.2, 0) is 0 Å². The van der Waals surface area contributed by atoms with Crippen LogP contribution in [-0.4, -0.2) is 5.78 Å². The third-order valence-electron chi connectivity index (χ3n) is 2.55. The number of rotatable bonds is 3. The highest BCUT2D eigenvalue weighted by atomic mass is 16.5. The predicted molar refractivity (Wildman–Crippen MR) is 69.9 cm³/mol. The molecule has 0 saturated heterocycles. The Morgan fingerprint density at radius 2 is 1.79 bits per heavy atom. The van der Waals surface area contributed by atoms with Crippen molar-refractivity contribution in [3.8, 4) is 6.07 Å². The van der Waals surface area contributed by atoms with Crippen LogP contribution in [0.1, 0.15) is 21.5 Å². The molecule has 1 aromatic carbocycles. The first-order valence-electron chi connectivity index (χ1n) is 5.60. The maximum atomic E-state index is 11.8. The number of benzene rings is 1. The van der Waals surface area contributed by atoms with Crippen molar-refractivity contribution in [2.75, 3.05) is 0 Å². The van der Waals surface area contributed by atoms with Crippen LogP contribution in [0, 0.1) is 16.5 Å². The Hall–Kier alpha value is -2.93. The summed E-state index contributed by atoms with van der Waals surface area (Å²) < 4.78 is 0.626. The Labute approximate surface area is 110 Å². The van der Waals surface area contributed by atoms with Gasteiger partial charge in [0.05, 0.1) is 11.6 Å². The van der Waals surface area contributed by atoms with Crippen molar-refractivity contribution in [2.24, 2.45) is 0 Å². The number of nitrogens with zero attached hydrogens (tertiary/aromatic N) is 2. The largest absolute Gasteiger partial charge is 0.619 e. The quantitative estimate of drug-likeness (QED) is 0.362. The van der Waals surface area contributed by atoms with Crippen LogP contribution in [0.3, 0.4) is 0 Å². The van der Waals surface area contributed by atoms with Crippen molar-refractivity contribution in [1.82, 2.24) is 0 Å². The highest BCUT2D eigenvalue weighted by Gasteiger charge is 2.02. The monoisotopic (exact) mass is 250 g/mol. The van der Waals surface area contributed by atoms with E-state index in [1.54, 1.807) is 30.3 Å². The van der Waals surface area contributed by atoms with E-state index < -0.39 is 0 Å². The molecule has 4 nitrogen and oxygen atoms in total. The molecule has 0 amide bonds. The second kappa shape index (κ2) is 5.61. The van der Waals surface area contributed by atoms with Crippen LogP contribution < -0.4 is 4.73 Å². The van der Waals surface area contributed by atoms with Crippen LogP contribution in [0.15, 0.2) is 54.9 Å². The van der Waals surface area contributed by atoms with Gasteiger partial charge in [-0.15, -0.1) is 0 Å². The van der Waals surface area contributed by atoms with Gasteiger partial charge >= 0.3 is 0 Å². The first kappa shape index (κ1) is 12.5. The average Bonchev–Trinajstić information content (AvgIpc) is 2.46. The summed E-state index contributed by atoms with van der Waals surface area (Å²) in [6.07, 6.45) is 5.67. The molecular formula is C15H10N2O2. The summed E-state index contributed by atoms with van der Waals surface area (Å²) in [5.41, 5.74) is 1.87. The minimum Gasteiger partial charge on any atom is -0.619 e. The topological polar surface area (TPSA) is 67.8 Å². The van der Waals surface area contributed by atoms with Crippen molar-refractivity contribution in [3.63, 3.8) is 0 Å². The smallest absolute Gasteiger partial charge is 0.186 e. The number of hydrogen-bond donors (Lipinski definition) is 0. The molecule has 0 N–H and O–H groups in total. The Balaban J connectivity index is 2.11. The SMILES string of the molecule is N#Cc1ccc(C=CC(=O)c2cc[n+]([O-])cc2)cc1. The number of aromatic nitrogens is 1. The van der Waals surface area contributed by atoms with Crippen LogP contribution in [0.4, 0.5) is 0 Å². The van der Waals surface area contributed by atoms with Gasteiger partial charge in [-0.05, 0) is 23.8 Å². The lowest BCUT2D eigenvalue weighted by Crippen LogP contribution is -2.24. The van der Waals surface area contributed by atoms with Gasteiger partial charge in [-0.3, -0.25) is 4.79 Å². The summed E-state index contributed by atoms with van der Waals surface area (Å²) in [5.74, 6) is -0.176. The zero-order chi connectivity index (χ0) is 13.7. The van der Waals surface area contributed by atoms with E-state index >= 15 is 0 Å². The summed E-state index contributed by atoms with van der Waals surface area (Å²) in [6, 6.07) is 11.9. The molecule has 0 spiro atoms. The molecule has 0 bridgehead atoms. The van der Waals surface area contributed by atoms with Gasteiger partial charge in [0.2, 0.25) is 0 Å². The lowest BCUT2D eigenvalue weighted by Gasteiger charge is -1.97. The third-order valence-corrected chi connectivity index (χ3v) is 2.55. The van der Waals surface area contributed by atoms with Gasteiger partial charge < -0.3 is 5.21 Å². The van der Waals surface area contributed by atoms with Crippen molar-refractivity contribution in [1.29, 1.82) is 5.26 Å². The molecule has 92 valence electrons. The van der Waals surface area contributed by atoms with Crippen LogP contribution in [0.5, 0.6) is 0 Å². The molecule has 1 aromatic heterocycles. The van der Waals surface area contributed by atoms with E-state index in [-0.39, 0.29) is 5.78 Å². The van der Waals surface area contributed by atoms with Crippen LogP contribution >= 0.6 is 0 Å². The van der Waals surface area contributed by atoms with Gasteiger partial charge in [0.25, 0.3) is 0 Å². The maximum Gasteiger partial charge on any atom is 0.186 e. The van der Waals surface area contributed by atoms with E-state index in [1.165, 1.54) is 30.6 Å². The molecule has 4 heteroatoms. The summed E-state index contributed by atoms with van der Waals surface area (Å²) in [5, 5.41) is 19.5. The summed E-state index contributed by atoms with van der Waals surface area (Å²) in [7, 11) is 0. The number of pyridine rings is 1. The maximum absolute atomic E-state index is 11.8. The summed E-state index contributed by atoms with van der Waals surface area (Å²) in [6.45, 7) is 0.